The summed E-state index contributed by atoms with van der Waals surface area (Å²) in [5, 5.41) is 5.38. The van der Waals surface area contributed by atoms with Crippen molar-refractivity contribution in [2.24, 2.45) is 0 Å². The summed E-state index contributed by atoms with van der Waals surface area (Å²) in [7, 11) is 0. The zero-order valence-corrected chi connectivity index (χ0v) is 10.2. The molecule has 3 N–H and O–H groups in total. The molecule has 3 rings (SSSR count). The molecule has 0 aliphatic carbocycles. The van der Waals surface area contributed by atoms with Crippen LogP contribution in [0.3, 0.4) is 0 Å². The molecule has 1 aromatic heterocycles. The van der Waals surface area contributed by atoms with Gasteiger partial charge in [-0.05, 0) is 44.1 Å². The number of ether oxygens (including phenoxy) is 1. The number of nitrogens with two attached hydrogens (primary N) is 1. The van der Waals surface area contributed by atoms with E-state index in [4.69, 9.17) is 10.5 Å². The number of fused-ring (bicyclic) bond motifs is 1. The maximum Gasteiger partial charge on any atom is 0.143 e. The Morgan fingerprint density at radius 1 is 1.22 bits per heavy atom. The molecule has 1 aliphatic rings. The predicted molar refractivity (Wildman–Crippen MR) is 72.7 cm³/mol. The summed E-state index contributed by atoms with van der Waals surface area (Å²) in [6, 6.07) is 5.89. The number of benzene rings is 1. The van der Waals surface area contributed by atoms with E-state index in [9.17, 15) is 0 Å². The first kappa shape index (κ1) is 11.3. The van der Waals surface area contributed by atoms with Crippen LogP contribution in [0.2, 0.25) is 0 Å². The van der Waals surface area contributed by atoms with Crippen LogP contribution in [0.5, 0.6) is 5.75 Å². The highest BCUT2D eigenvalue weighted by atomic mass is 16.5. The minimum atomic E-state index is 0.271. The van der Waals surface area contributed by atoms with Crippen molar-refractivity contribution in [1.82, 2.24) is 10.3 Å². The number of nitrogens with zero attached hydrogens (tertiary/aromatic N) is 1. The second-order valence-electron chi connectivity index (χ2n) is 4.64. The minimum Gasteiger partial charge on any atom is -0.488 e. The molecule has 0 saturated carbocycles. The van der Waals surface area contributed by atoms with Gasteiger partial charge in [-0.1, -0.05) is 0 Å². The van der Waals surface area contributed by atoms with Gasteiger partial charge in [-0.2, -0.15) is 0 Å². The quantitative estimate of drug-likeness (QED) is 0.791. The summed E-state index contributed by atoms with van der Waals surface area (Å²) < 4.78 is 6.01. The first-order chi connectivity index (χ1) is 8.84. The number of piperidine rings is 1. The summed E-state index contributed by atoms with van der Waals surface area (Å²) in [5.41, 5.74) is 6.88. The molecular weight excluding hydrogens is 226 g/mol. The third-order valence-electron chi connectivity index (χ3n) is 3.40. The van der Waals surface area contributed by atoms with Crippen LogP contribution in [0.4, 0.5) is 5.69 Å². The topological polar surface area (TPSA) is 60.2 Å². The van der Waals surface area contributed by atoms with Crippen LogP contribution in [0.25, 0.3) is 10.8 Å². The monoisotopic (exact) mass is 243 g/mol. The van der Waals surface area contributed by atoms with E-state index in [0.717, 1.165) is 42.5 Å². The average Bonchev–Trinajstić information content (AvgIpc) is 2.43. The van der Waals surface area contributed by atoms with Crippen molar-refractivity contribution in [3.05, 3.63) is 30.6 Å². The Labute approximate surface area is 106 Å². The second-order valence-corrected chi connectivity index (χ2v) is 4.64. The number of rotatable bonds is 2. The van der Waals surface area contributed by atoms with E-state index in [0.29, 0.717) is 5.69 Å². The van der Waals surface area contributed by atoms with Crippen LogP contribution < -0.4 is 15.8 Å². The van der Waals surface area contributed by atoms with Gasteiger partial charge in [0.2, 0.25) is 0 Å². The van der Waals surface area contributed by atoms with E-state index in [2.05, 4.69) is 10.3 Å². The average molecular weight is 243 g/mol. The maximum atomic E-state index is 6.17. The van der Waals surface area contributed by atoms with Crippen molar-refractivity contribution in [3.63, 3.8) is 0 Å². The lowest BCUT2D eigenvalue weighted by Crippen LogP contribution is -2.34. The molecule has 0 bridgehead atoms. The number of hydrogen-bond donors (Lipinski definition) is 2. The summed E-state index contributed by atoms with van der Waals surface area (Å²) in [6.45, 7) is 2.03. The Balaban J connectivity index is 1.89. The van der Waals surface area contributed by atoms with Crippen LogP contribution in [-0.2, 0) is 0 Å². The fraction of sp³-hybridized carbons (Fsp3) is 0.357. The number of nitrogen functional groups attached to an aromatic ring is 1. The lowest BCUT2D eigenvalue weighted by atomic mass is 10.1. The predicted octanol–water partition coefficient (Wildman–Crippen LogP) is 1.95. The van der Waals surface area contributed by atoms with Crippen molar-refractivity contribution in [2.75, 3.05) is 18.8 Å². The summed E-state index contributed by atoms with van der Waals surface area (Å²) >= 11 is 0. The SMILES string of the molecule is Nc1c(OC2CCNCC2)ccc2cnccc12. The van der Waals surface area contributed by atoms with E-state index in [1.165, 1.54) is 0 Å². The van der Waals surface area contributed by atoms with Crippen molar-refractivity contribution in [1.29, 1.82) is 0 Å². The Kier molecular flexibility index (Phi) is 3.02. The first-order valence-electron chi connectivity index (χ1n) is 6.34. The maximum absolute atomic E-state index is 6.17. The van der Waals surface area contributed by atoms with E-state index >= 15 is 0 Å². The van der Waals surface area contributed by atoms with Gasteiger partial charge in [-0.15, -0.1) is 0 Å². The van der Waals surface area contributed by atoms with Gasteiger partial charge in [0.15, 0.2) is 0 Å². The molecular formula is C14H17N3O. The molecule has 0 amide bonds. The molecule has 4 nitrogen and oxygen atoms in total. The molecule has 1 fully saturated rings. The van der Waals surface area contributed by atoms with Crippen LogP contribution in [-0.4, -0.2) is 24.2 Å². The molecule has 18 heavy (non-hydrogen) atoms. The molecule has 1 aromatic carbocycles. The van der Waals surface area contributed by atoms with Crippen molar-refractivity contribution in [2.45, 2.75) is 18.9 Å². The van der Waals surface area contributed by atoms with Crippen LogP contribution in [0, 0.1) is 0 Å². The van der Waals surface area contributed by atoms with E-state index < -0.39 is 0 Å². The molecule has 2 heterocycles. The normalized spacial score (nSPS) is 16.9. The molecule has 0 spiro atoms. The molecule has 1 aliphatic heterocycles. The Morgan fingerprint density at radius 2 is 2.06 bits per heavy atom. The smallest absolute Gasteiger partial charge is 0.143 e. The fourth-order valence-electron chi connectivity index (χ4n) is 2.37. The number of aromatic nitrogens is 1. The van der Waals surface area contributed by atoms with E-state index in [1.807, 2.05) is 24.4 Å². The zero-order chi connectivity index (χ0) is 12.4. The van der Waals surface area contributed by atoms with Crippen LogP contribution in [0.1, 0.15) is 12.8 Å². The third kappa shape index (κ3) is 2.11. The van der Waals surface area contributed by atoms with Gasteiger partial charge in [0.1, 0.15) is 11.9 Å². The van der Waals surface area contributed by atoms with Gasteiger partial charge in [0.05, 0.1) is 5.69 Å². The van der Waals surface area contributed by atoms with Gasteiger partial charge in [-0.25, -0.2) is 0 Å². The molecule has 0 unspecified atom stereocenters. The minimum absolute atomic E-state index is 0.271. The standard InChI is InChI=1S/C14H17N3O/c15-14-12-5-8-17-9-10(12)1-2-13(14)18-11-3-6-16-7-4-11/h1-2,5,8-9,11,16H,3-4,6-7,15H2. The molecule has 94 valence electrons. The van der Waals surface area contributed by atoms with E-state index in [-0.39, 0.29) is 6.10 Å². The van der Waals surface area contributed by atoms with Gasteiger partial charge in [0.25, 0.3) is 0 Å². The summed E-state index contributed by atoms with van der Waals surface area (Å²) in [4.78, 5) is 4.09. The molecule has 1 saturated heterocycles. The Morgan fingerprint density at radius 3 is 2.89 bits per heavy atom. The highest BCUT2D eigenvalue weighted by Crippen LogP contribution is 2.31. The Hall–Kier alpha value is -1.81. The van der Waals surface area contributed by atoms with E-state index in [1.54, 1.807) is 6.20 Å². The van der Waals surface area contributed by atoms with Crippen molar-refractivity contribution in [3.8, 4) is 5.75 Å². The van der Waals surface area contributed by atoms with Crippen molar-refractivity contribution >= 4 is 16.5 Å². The lowest BCUT2D eigenvalue weighted by molar-refractivity contribution is 0.163. The highest BCUT2D eigenvalue weighted by molar-refractivity contribution is 5.95. The highest BCUT2D eigenvalue weighted by Gasteiger charge is 2.16. The largest absolute Gasteiger partial charge is 0.488 e. The molecule has 4 heteroatoms. The first-order valence-corrected chi connectivity index (χ1v) is 6.34. The molecule has 2 aromatic rings. The third-order valence-corrected chi connectivity index (χ3v) is 3.40. The van der Waals surface area contributed by atoms with Crippen LogP contribution >= 0.6 is 0 Å². The van der Waals surface area contributed by atoms with Gasteiger partial charge in [-0.3, -0.25) is 4.98 Å². The lowest BCUT2D eigenvalue weighted by Gasteiger charge is -2.24. The molecule has 0 radical (unpaired) electrons. The second kappa shape index (κ2) is 4.82. The zero-order valence-electron chi connectivity index (χ0n) is 10.2. The molecule has 0 atom stereocenters. The number of hydrogen-bond acceptors (Lipinski definition) is 4. The number of nitrogens with one attached hydrogen (secondary N) is 1. The van der Waals surface area contributed by atoms with Gasteiger partial charge < -0.3 is 15.8 Å². The summed E-state index contributed by atoms with van der Waals surface area (Å²) in [5.74, 6) is 0.792. The summed E-state index contributed by atoms with van der Waals surface area (Å²) in [6.07, 6.45) is 5.92. The van der Waals surface area contributed by atoms with Crippen LogP contribution in [0.15, 0.2) is 30.6 Å². The number of pyridine rings is 1. The number of anilines is 1. The van der Waals surface area contributed by atoms with Gasteiger partial charge in [0, 0.05) is 23.2 Å². The Bertz CT molecular complexity index is 550. The van der Waals surface area contributed by atoms with Gasteiger partial charge >= 0.3 is 0 Å². The van der Waals surface area contributed by atoms with Crippen molar-refractivity contribution < 1.29 is 4.74 Å². The fourth-order valence-corrected chi connectivity index (χ4v) is 2.37.